The number of ketones is 1. The minimum Gasteiger partial charge on any atom is -0.469 e. The highest BCUT2D eigenvalue weighted by atomic mass is 16.6. The van der Waals surface area contributed by atoms with E-state index >= 15 is 0 Å². The van der Waals surface area contributed by atoms with Gasteiger partial charge in [0, 0.05) is 18.9 Å². The zero-order chi connectivity index (χ0) is 14.6. The van der Waals surface area contributed by atoms with E-state index in [1.54, 1.807) is 20.8 Å². The Morgan fingerprint density at radius 1 is 1.26 bits per heavy atom. The number of carbonyl (C=O) groups is 3. The molecule has 0 aromatic rings. The Morgan fingerprint density at radius 3 is 2.42 bits per heavy atom. The first-order valence-corrected chi connectivity index (χ1v) is 6.30. The first-order valence-electron chi connectivity index (χ1n) is 6.30. The van der Waals surface area contributed by atoms with E-state index in [2.05, 4.69) is 10.1 Å². The van der Waals surface area contributed by atoms with Crippen LogP contribution in [0, 0.1) is 5.92 Å². The number of hydrogen-bond donors (Lipinski definition) is 1. The largest absolute Gasteiger partial charge is 0.469 e. The maximum Gasteiger partial charge on any atom is 0.407 e. The summed E-state index contributed by atoms with van der Waals surface area (Å²) in [6.45, 7) is 5.28. The quantitative estimate of drug-likeness (QED) is 0.768. The van der Waals surface area contributed by atoms with Gasteiger partial charge in [-0.1, -0.05) is 0 Å². The summed E-state index contributed by atoms with van der Waals surface area (Å²) < 4.78 is 9.76. The van der Waals surface area contributed by atoms with Gasteiger partial charge < -0.3 is 14.8 Å². The first kappa shape index (κ1) is 15.5. The molecule has 1 amide bonds. The average Bonchev–Trinajstić information content (AvgIpc) is 2.24. The molecule has 0 heterocycles. The number of amides is 1. The Kier molecular flexibility index (Phi) is 4.91. The molecule has 1 N–H and O–H groups in total. The molecule has 0 aliphatic heterocycles. The molecule has 2 atom stereocenters. The number of rotatable bonds is 2. The third-order valence-electron chi connectivity index (χ3n) is 2.77. The van der Waals surface area contributed by atoms with Crippen LogP contribution in [0.4, 0.5) is 4.79 Å². The van der Waals surface area contributed by atoms with Gasteiger partial charge >= 0.3 is 12.1 Å². The molecule has 1 aliphatic carbocycles. The number of alkyl carbamates (subject to hydrolysis) is 1. The summed E-state index contributed by atoms with van der Waals surface area (Å²) in [6, 6.07) is -0.375. The standard InChI is InChI=1S/C13H21NO5/c1-13(2,3)19-12(17)14-9-5-8(11(16)18-4)6-10(15)7-9/h8-9H,5-7H2,1-4H3,(H,14,17)/t8-,9+/m1/s1. The van der Waals surface area contributed by atoms with Crippen LogP contribution in [-0.2, 0) is 19.1 Å². The normalized spacial score (nSPS) is 23.7. The van der Waals surface area contributed by atoms with Crippen LogP contribution >= 0.6 is 0 Å². The fourth-order valence-electron chi connectivity index (χ4n) is 2.07. The summed E-state index contributed by atoms with van der Waals surface area (Å²) in [5.74, 6) is -0.946. The monoisotopic (exact) mass is 271 g/mol. The Labute approximate surface area is 112 Å². The highest BCUT2D eigenvalue weighted by Gasteiger charge is 2.33. The van der Waals surface area contributed by atoms with Crippen molar-refractivity contribution in [2.45, 2.75) is 51.7 Å². The van der Waals surface area contributed by atoms with Crippen molar-refractivity contribution in [1.82, 2.24) is 5.32 Å². The van der Waals surface area contributed by atoms with Crippen molar-refractivity contribution in [3.8, 4) is 0 Å². The van der Waals surface area contributed by atoms with Gasteiger partial charge in [0.2, 0.25) is 0 Å². The van der Waals surface area contributed by atoms with E-state index < -0.39 is 23.6 Å². The van der Waals surface area contributed by atoms with Crippen molar-refractivity contribution in [2.75, 3.05) is 7.11 Å². The predicted octanol–water partition coefficient (Wildman–Crippen LogP) is 1.42. The fourth-order valence-corrected chi connectivity index (χ4v) is 2.07. The van der Waals surface area contributed by atoms with E-state index in [4.69, 9.17) is 4.74 Å². The van der Waals surface area contributed by atoms with Crippen molar-refractivity contribution in [1.29, 1.82) is 0 Å². The van der Waals surface area contributed by atoms with Gasteiger partial charge in [-0.3, -0.25) is 9.59 Å². The van der Waals surface area contributed by atoms with Crippen molar-refractivity contribution in [3.05, 3.63) is 0 Å². The predicted molar refractivity (Wildman–Crippen MR) is 67.5 cm³/mol. The van der Waals surface area contributed by atoms with Gasteiger partial charge in [0.05, 0.1) is 13.0 Å². The Hall–Kier alpha value is -1.59. The molecule has 19 heavy (non-hydrogen) atoms. The molecule has 0 radical (unpaired) electrons. The van der Waals surface area contributed by atoms with Crippen LogP contribution in [0.15, 0.2) is 0 Å². The summed E-state index contributed by atoms with van der Waals surface area (Å²) in [5, 5.41) is 2.62. The van der Waals surface area contributed by atoms with Gasteiger partial charge in [0.1, 0.15) is 11.4 Å². The maximum atomic E-state index is 11.6. The van der Waals surface area contributed by atoms with Gasteiger partial charge in [-0.05, 0) is 27.2 Å². The van der Waals surface area contributed by atoms with Gasteiger partial charge in [0.15, 0.2) is 0 Å². The van der Waals surface area contributed by atoms with Crippen molar-refractivity contribution >= 4 is 17.8 Å². The Balaban J connectivity index is 2.56. The van der Waals surface area contributed by atoms with Crippen molar-refractivity contribution in [3.63, 3.8) is 0 Å². The minimum absolute atomic E-state index is 0.0530. The van der Waals surface area contributed by atoms with Crippen molar-refractivity contribution < 1.29 is 23.9 Å². The van der Waals surface area contributed by atoms with Crippen molar-refractivity contribution in [2.24, 2.45) is 5.92 Å². The lowest BCUT2D eigenvalue weighted by Gasteiger charge is -2.28. The molecule has 0 aromatic heterocycles. The number of methoxy groups -OCH3 is 1. The third-order valence-corrected chi connectivity index (χ3v) is 2.77. The molecule has 0 saturated heterocycles. The van der Waals surface area contributed by atoms with Crippen LogP contribution in [0.5, 0.6) is 0 Å². The molecule has 1 aliphatic rings. The summed E-state index contributed by atoms with van der Waals surface area (Å²) in [4.78, 5) is 34.6. The van der Waals surface area contributed by atoms with Gasteiger partial charge in [0.25, 0.3) is 0 Å². The molecular formula is C13H21NO5. The smallest absolute Gasteiger partial charge is 0.407 e. The number of carbonyl (C=O) groups excluding carboxylic acids is 3. The van der Waals surface area contributed by atoms with Crippen LogP contribution in [0.25, 0.3) is 0 Å². The summed E-state index contributed by atoms with van der Waals surface area (Å²) in [7, 11) is 1.29. The maximum absolute atomic E-state index is 11.6. The van der Waals surface area contributed by atoms with E-state index in [0.717, 1.165) is 0 Å². The summed E-state index contributed by atoms with van der Waals surface area (Å²) >= 11 is 0. The van der Waals surface area contributed by atoms with E-state index in [-0.39, 0.29) is 24.7 Å². The second kappa shape index (κ2) is 6.04. The first-order chi connectivity index (χ1) is 8.71. The highest BCUT2D eigenvalue weighted by molar-refractivity contribution is 5.86. The van der Waals surface area contributed by atoms with Crippen LogP contribution in [-0.4, -0.2) is 36.6 Å². The summed E-state index contributed by atoms with van der Waals surface area (Å²) in [5.41, 5.74) is -0.593. The lowest BCUT2D eigenvalue weighted by Crippen LogP contribution is -2.44. The lowest BCUT2D eigenvalue weighted by molar-refractivity contribution is -0.149. The second-order valence-electron chi connectivity index (χ2n) is 5.75. The Morgan fingerprint density at radius 2 is 1.89 bits per heavy atom. The van der Waals surface area contributed by atoms with Crippen LogP contribution in [0.3, 0.4) is 0 Å². The van der Waals surface area contributed by atoms with Crippen LogP contribution in [0.1, 0.15) is 40.0 Å². The lowest BCUT2D eigenvalue weighted by atomic mass is 9.85. The molecule has 0 aromatic carbocycles. The SMILES string of the molecule is COC(=O)[C@H]1CC(=O)C[C@@H](NC(=O)OC(C)(C)C)C1. The number of ether oxygens (including phenoxy) is 2. The molecule has 1 rings (SSSR count). The molecular weight excluding hydrogens is 250 g/mol. The van der Waals surface area contributed by atoms with Gasteiger partial charge in [-0.15, -0.1) is 0 Å². The van der Waals surface area contributed by atoms with E-state index in [1.807, 2.05) is 0 Å². The van der Waals surface area contributed by atoms with Crippen LogP contribution in [0.2, 0.25) is 0 Å². The number of hydrogen-bond acceptors (Lipinski definition) is 5. The molecule has 6 nitrogen and oxygen atoms in total. The zero-order valence-electron chi connectivity index (χ0n) is 11.8. The average molecular weight is 271 g/mol. The van der Waals surface area contributed by atoms with E-state index in [1.165, 1.54) is 7.11 Å². The molecule has 6 heteroatoms. The molecule has 1 saturated carbocycles. The molecule has 108 valence electrons. The number of nitrogens with one attached hydrogen (secondary N) is 1. The highest BCUT2D eigenvalue weighted by Crippen LogP contribution is 2.23. The molecule has 1 fully saturated rings. The minimum atomic E-state index is -0.593. The van der Waals surface area contributed by atoms with Gasteiger partial charge in [-0.25, -0.2) is 4.79 Å². The van der Waals surface area contributed by atoms with E-state index in [9.17, 15) is 14.4 Å². The third kappa shape index (κ3) is 5.28. The molecule has 0 spiro atoms. The number of esters is 1. The topological polar surface area (TPSA) is 81.7 Å². The Bertz CT molecular complexity index is 372. The fraction of sp³-hybridized carbons (Fsp3) is 0.769. The summed E-state index contributed by atoms with van der Waals surface area (Å²) in [6.07, 6.45) is 0.236. The number of Topliss-reactive ketones (excluding diaryl/α,β-unsaturated/α-hetero) is 1. The second-order valence-corrected chi connectivity index (χ2v) is 5.75. The van der Waals surface area contributed by atoms with Gasteiger partial charge in [-0.2, -0.15) is 0 Å². The molecule has 0 unspecified atom stereocenters. The molecule has 0 bridgehead atoms. The van der Waals surface area contributed by atoms with E-state index in [0.29, 0.717) is 6.42 Å². The van der Waals surface area contributed by atoms with Crippen LogP contribution < -0.4 is 5.32 Å². The zero-order valence-corrected chi connectivity index (χ0v) is 11.8.